The van der Waals surface area contributed by atoms with E-state index in [2.05, 4.69) is 15.0 Å². The van der Waals surface area contributed by atoms with Crippen molar-refractivity contribution >= 4 is 11.2 Å². The van der Waals surface area contributed by atoms with E-state index in [1.54, 1.807) is 0 Å². The van der Waals surface area contributed by atoms with E-state index in [9.17, 15) is 22.8 Å². The number of alkyl halides is 3. The molecule has 16 heavy (non-hydrogen) atoms. The quantitative estimate of drug-likeness (QED) is 0.727. The Balaban J connectivity index is 2.70. The summed E-state index contributed by atoms with van der Waals surface area (Å²) in [5, 5.41) is 0. The van der Waals surface area contributed by atoms with Gasteiger partial charge in [-0.2, -0.15) is 13.2 Å². The van der Waals surface area contributed by atoms with Gasteiger partial charge in [-0.3, -0.25) is 9.78 Å². The normalized spacial score (nSPS) is 12.2. The first-order valence-corrected chi connectivity index (χ1v) is 4.11. The Labute approximate surface area is 84.7 Å². The first-order chi connectivity index (χ1) is 7.38. The van der Waals surface area contributed by atoms with Gasteiger partial charge in [0.25, 0.3) is 5.56 Å². The highest BCUT2D eigenvalue weighted by molar-refractivity contribution is 5.67. The van der Waals surface area contributed by atoms with E-state index in [-0.39, 0.29) is 15.7 Å². The number of aromatic nitrogens is 4. The molecule has 2 N–H and O–H groups in total. The minimum atomic E-state index is -4.63. The van der Waals surface area contributed by atoms with Crippen LogP contribution in [0.5, 0.6) is 0 Å². The summed E-state index contributed by atoms with van der Waals surface area (Å²) in [6.45, 7) is -1.63. The van der Waals surface area contributed by atoms with Crippen LogP contribution in [0.4, 0.5) is 13.2 Å². The fourth-order valence-corrected chi connectivity index (χ4v) is 1.27. The molecule has 0 aliphatic carbocycles. The summed E-state index contributed by atoms with van der Waals surface area (Å²) in [7, 11) is 0. The minimum absolute atomic E-state index is 0.0616. The van der Waals surface area contributed by atoms with E-state index < -0.39 is 24.0 Å². The van der Waals surface area contributed by atoms with Crippen LogP contribution < -0.4 is 11.2 Å². The Bertz CT molecular complexity index is 635. The average molecular weight is 234 g/mol. The maximum absolute atomic E-state index is 12.1. The molecule has 0 fully saturated rings. The highest BCUT2D eigenvalue weighted by Gasteiger charge is 2.30. The van der Waals surface area contributed by atoms with E-state index in [0.717, 1.165) is 6.33 Å². The second-order valence-corrected chi connectivity index (χ2v) is 3.06. The van der Waals surface area contributed by atoms with Crippen LogP contribution in [0.2, 0.25) is 0 Å². The molecule has 2 rings (SSSR count). The van der Waals surface area contributed by atoms with Crippen molar-refractivity contribution in [3.63, 3.8) is 0 Å². The number of hydrogen-bond acceptors (Lipinski definition) is 3. The minimum Gasteiger partial charge on any atom is -0.339 e. The monoisotopic (exact) mass is 234 g/mol. The number of fused-ring (bicyclic) bond motifs is 1. The van der Waals surface area contributed by atoms with E-state index in [0.29, 0.717) is 0 Å². The maximum atomic E-state index is 12.1. The predicted octanol–water partition coefficient (Wildman–Crippen LogP) is -0.0248. The Morgan fingerprint density at radius 2 is 2.06 bits per heavy atom. The first-order valence-electron chi connectivity index (χ1n) is 4.11. The molecular formula is C7H5F3N4O2. The molecule has 0 saturated carbocycles. The number of imidazole rings is 1. The first kappa shape index (κ1) is 10.5. The summed E-state index contributed by atoms with van der Waals surface area (Å²) in [6, 6.07) is 0. The Hall–Kier alpha value is -2.06. The molecule has 0 aliphatic rings. The van der Waals surface area contributed by atoms with Crippen molar-refractivity contribution in [2.24, 2.45) is 0 Å². The number of halogens is 3. The van der Waals surface area contributed by atoms with Crippen LogP contribution in [0, 0.1) is 0 Å². The topological polar surface area (TPSA) is 83.5 Å². The van der Waals surface area contributed by atoms with Crippen molar-refractivity contribution in [3.05, 3.63) is 27.2 Å². The zero-order chi connectivity index (χ0) is 11.9. The summed E-state index contributed by atoms with van der Waals surface area (Å²) in [4.78, 5) is 30.6. The zero-order valence-electron chi connectivity index (χ0n) is 7.63. The van der Waals surface area contributed by atoms with E-state index >= 15 is 0 Å². The van der Waals surface area contributed by atoms with Crippen LogP contribution in [0.3, 0.4) is 0 Å². The highest BCUT2D eigenvalue weighted by atomic mass is 19.4. The Morgan fingerprint density at radius 1 is 1.38 bits per heavy atom. The number of rotatable bonds is 1. The van der Waals surface area contributed by atoms with Gasteiger partial charge < -0.3 is 4.98 Å². The Morgan fingerprint density at radius 3 is 2.69 bits per heavy atom. The summed E-state index contributed by atoms with van der Waals surface area (Å²) in [5.74, 6) is 0. The van der Waals surface area contributed by atoms with Gasteiger partial charge in [0.1, 0.15) is 12.1 Å². The fourth-order valence-electron chi connectivity index (χ4n) is 1.27. The number of aromatic amines is 2. The van der Waals surface area contributed by atoms with Gasteiger partial charge in [0.15, 0.2) is 5.65 Å². The molecule has 2 aromatic rings. The molecular weight excluding hydrogens is 229 g/mol. The third-order valence-corrected chi connectivity index (χ3v) is 1.91. The van der Waals surface area contributed by atoms with Gasteiger partial charge in [0.2, 0.25) is 0 Å². The van der Waals surface area contributed by atoms with Gasteiger partial charge in [-0.1, -0.05) is 0 Å². The van der Waals surface area contributed by atoms with Crippen molar-refractivity contribution in [1.29, 1.82) is 0 Å². The van der Waals surface area contributed by atoms with E-state index in [1.807, 2.05) is 0 Å². The predicted molar refractivity (Wildman–Crippen MR) is 47.0 cm³/mol. The third kappa shape index (κ3) is 1.71. The van der Waals surface area contributed by atoms with Crippen LogP contribution in [0.15, 0.2) is 15.9 Å². The van der Waals surface area contributed by atoms with Crippen LogP contribution >= 0.6 is 0 Å². The third-order valence-electron chi connectivity index (χ3n) is 1.91. The summed E-state index contributed by atoms with van der Waals surface area (Å²) in [6.07, 6.45) is -3.52. The van der Waals surface area contributed by atoms with Crippen molar-refractivity contribution in [1.82, 2.24) is 19.5 Å². The number of nitrogens with one attached hydrogen (secondary N) is 2. The van der Waals surface area contributed by atoms with Gasteiger partial charge in [0.05, 0.1) is 6.33 Å². The van der Waals surface area contributed by atoms with Crippen molar-refractivity contribution in [2.75, 3.05) is 0 Å². The molecule has 0 saturated heterocycles. The molecule has 6 nitrogen and oxygen atoms in total. The number of nitrogens with zero attached hydrogens (tertiary/aromatic N) is 2. The van der Waals surface area contributed by atoms with Crippen LogP contribution in [-0.4, -0.2) is 25.7 Å². The molecule has 0 aliphatic heterocycles. The van der Waals surface area contributed by atoms with Crippen LogP contribution in [0.1, 0.15) is 0 Å². The van der Waals surface area contributed by atoms with Crippen molar-refractivity contribution in [3.8, 4) is 0 Å². The van der Waals surface area contributed by atoms with Gasteiger partial charge in [-0.15, -0.1) is 0 Å². The molecule has 9 heteroatoms. The summed E-state index contributed by atoms with van der Waals surface area (Å²) >= 11 is 0. The SMILES string of the molecule is O=c1[nH]c2nc[nH]c2c(=O)n1CC(F)(F)F. The fraction of sp³-hybridized carbons (Fsp3) is 0.286. The maximum Gasteiger partial charge on any atom is 0.406 e. The molecule has 0 atom stereocenters. The molecule has 0 unspecified atom stereocenters. The van der Waals surface area contributed by atoms with E-state index in [4.69, 9.17) is 0 Å². The lowest BCUT2D eigenvalue weighted by atomic mass is 10.5. The van der Waals surface area contributed by atoms with Crippen LogP contribution in [0.25, 0.3) is 11.2 Å². The standard InChI is InChI=1S/C7H5F3N4O2/c8-7(9,10)1-14-5(15)3-4(12-2-11-3)13-6(14)16/h2H,1H2,(H,11,12)(H,13,16). The lowest BCUT2D eigenvalue weighted by molar-refractivity contribution is -0.141. The average Bonchev–Trinajstić information content (AvgIpc) is 2.58. The molecule has 2 aromatic heterocycles. The second kappa shape index (κ2) is 3.22. The van der Waals surface area contributed by atoms with Crippen molar-refractivity contribution < 1.29 is 13.2 Å². The molecule has 86 valence electrons. The van der Waals surface area contributed by atoms with Crippen LogP contribution in [-0.2, 0) is 6.54 Å². The molecule has 0 bridgehead atoms. The van der Waals surface area contributed by atoms with Gasteiger partial charge in [0, 0.05) is 0 Å². The van der Waals surface area contributed by atoms with Gasteiger partial charge in [-0.25, -0.2) is 14.3 Å². The number of H-pyrrole nitrogens is 2. The summed E-state index contributed by atoms with van der Waals surface area (Å²) in [5.41, 5.74) is -2.41. The smallest absolute Gasteiger partial charge is 0.339 e. The highest BCUT2D eigenvalue weighted by Crippen LogP contribution is 2.15. The molecule has 0 aromatic carbocycles. The van der Waals surface area contributed by atoms with E-state index in [1.165, 1.54) is 0 Å². The zero-order valence-corrected chi connectivity index (χ0v) is 7.63. The summed E-state index contributed by atoms with van der Waals surface area (Å²) < 4.78 is 36.3. The second-order valence-electron chi connectivity index (χ2n) is 3.06. The Kier molecular flexibility index (Phi) is 2.10. The largest absolute Gasteiger partial charge is 0.406 e. The number of hydrogen-bond donors (Lipinski definition) is 2. The lowest BCUT2D eigenvalue weighted by Gasteiger charge is -2.07. The molecule has 2 heterocycles. The molecule has 0 spiro atoms. The lowest BCUT2D eigenvalue weighted by Crippen LogP contribution is -2.39. The van der Waals surface area contributed by atoms with Gasteiger partial charge in [-0.05, 0) is 0 Å². The van der Waals surface area contributed by atoms with Crippen molar-refractivity contribution in [2.45, 2.75) is 12.7 Å². The molecule has 0 amide bonds. The van der Waals surface area contributed by atoms with Gasteiger partial charge >= 0.3 is 11.9 Å². The molecule has 0 radical (unpaired) electrons.